The van der Waals surface area contributed by atoms with E-state index in [9.17, 15) is 26.4 Å². The summed E-state index contributed by atoms with van der Waals surface area (Å²) >= 11 is 0. The molecule has 0 radical (unpaired) electrons. The lowest BCUT2D eigenvalue weighted by Gasteiger charge is -2.59. The number of fused-ring (bicyclic) bond motifs is 5. The standard InChI is InChI=1S/C19H26F3NO4S/c1-17-10-8-16(24)23-14(17)5-3-11-12-4-6-15(18(12,2)9-7-13(11)17)27-28(25,26)19(20,21)22/h6,11-14H,3-5,7-10H2,1-2H3,(H,23,24)/t11-,12-,13-,14+,17+,18-/m0/s1. The van der Waals surface area contributed by atoms with Gasteiger partial charge in [-0.25, -0.2) is 0 Å². The van der Waals surface area contributed by atoms with Crippen LogP contribution in [0.1, 0.15) is 58.8 Å². The normalized spacial score (nSPS) is 43.3. The van der Waals surface area contributed by atoms with Crippen LogP contribution < -0.4 is 5.32 Å². The summed E-state index contributed by atoms with van der Waals surface area (Å²) in [6.45, 7) is 4.07. The minimum absolute atomic E-state index is 0.0141. The van der Waals surface area contributed by atoms with E-state index in [2.05, 4.69) is 16.4 Å². The number of amides is 1. The molecule has 0 aromatic carbocycles. The zero-order chi connectivity index (χ0) is 20.5. The summed E-state index contributed by atoms with van der Waals surface area (Å²) in [5.74, 6) is 0.785. The lowest BCUT2D eigenvalue weighted by Crippen LogP contribution is -2.61. The van der Waals surface area contributed by atoms with E-state index >= 15 is 0 Å². The van der Waals surface area contributed by atoms with Gasteiger partial charge in [-0.05, 0) is 67.8 Å². The van der Waals surface area contributed by atoms with Crippen LogP contribution in [0.25, 0.3) is 0 Å². The summed E-state index contributed by atoms with van der Waals surface area (Å²) in [6.07, 6.45) is 6.55. The third kappa shape index (κ3) is 2.79. The van der Waals surface area contributed by atoms with Gasteiger partial charge >= 0.3 is 15.6 Å². The summed E-state index contributed by atoms with van der Waals surface area (Å²) < 4.78 is 66.1. The molecule has 4 aliphatic rings. The first kappa shape index (κ1) is 20.0. The van der Waals surface area contributed by atoms with E-state index in [-0.39, 0.29) is 29.0 Å². The minimum atomic E-state index is -5.65. The third-order valence-electron chi connectivity index (χ3n) is 8.09. The predicted octanol–water partition coefficient (Wildman–Crippen LogP) is 3.87. The number of carbonyl (C=O) groups is 1. The maximum Gasteiger partial charge on any atom is 0.534 e. The van der Waals surface area contributed by atoms with Crippen molar-refractivity contribution in [1.29, 1.82) is 0 Å². The SMILES string of the molecule is C[C@]12CCC(=O)N[C@@H]1CC[C@@H]1[C@@H]2CC[C@]2(C)C(OS(=O)(=O)C(F)(F)F)=CC[C@@H]12. The second kappa shape index (κ2) is 6.12. The molecular formula is C19H26F3NO4S. The first-order valence-electron chi connectivity index (χ1n) is 9.89. The molecule has 158 valence electrons. The molecular weight excluding hydrogens is 395 g/mol. The van der Waals surface area contributed by atoms with Crippen molar-refractivity contribution in [2.24, 2.45) is 28.6 Å². The zero-order valence-electron chi connectivity index (χ0n) is 16.0. The van der Waals surface area contributed by atoms with E-state index in [0.29, 0.717) is 31.1 Å². The Morgan fingerprint density at radius 3 is 2.54 bits per heavy atom. The molecule has 1 aliphatic heterocycles. The van der Waals surface area contributed by atoms with Gasteiger partial charge in [-0.2, -0.15) is 21.6 Å². The fourth-order valence-corrected chi connectivity index (χ4v) is 7.11. The van der Waals surface area contributed by atoms with Crippen molar-refractivity contribution in [1.82, 2.24) is 5.32 Å². The fraction of sp³-hybridized carbons (Fsp3) is 0.842. The zero-order valence-corrected chi connectivity index (χ0v) is 16.8. The molecule has 1 amide bonds. The molecule has 0 bridgehead atoms. The predicted molar refractivity (Wildman–Crippen MR) is 95.1 cm³/mol. The summed E-state index contributed by atoms with van der Waals surface area (Å²) in [6, 6.07) is 0.148. The van der Waals surface area contributed by atoms with Crippen molar-refractivity contribution in [3.05, 3.63) is 11.8 Å². The summed E-state index contributed by atoms with van der Waals surface area (Å²) in [4.78, 5) is 11.8. The number of allylic oxidation sites excluding steroid dienone is 2. The Bertz CT molecular complexity index is 824. The number of carbonyl (C=O) groups excluding carboxylic acids is 1. The van der Waals surface area contributed by atoms with Crippen molar-refractivity contribution in [2.75, 3.05) is 0 Å². The summed E-state index contributed by atoms with van der Waals surface area (Å²) in [5.41, 5.74) is -6.13. The van der Waals surface area contributed by atoms with Gasteiger partial charge in [-0.3, -0.25) is 4.79 Å². The molecule has 0 aromatic rings. The van der Waals surface area contributed by atoms with Gasteiger partial charge in [-0.1, -0.05) is 13.8 Å². The van der Waals surface area contributed by atoms with Crippen LogP contribution in [0, 0.1) is 28.6 Å². The van der Waals surface area contributed by atoms with Crippen LogP contribution in [0.3, 0.4) is 0 Å². The number of hydrogen-bond acceptors (Lipinski definition) is 4. The van der Waals surface area contributed by atoms with Crippen molar-refractivity contribution < 1.29 is 30.6 Å². The first-order valence-corrected chi connectivity index (χ1v) is 11.3. The quantitative estimate of drug-likeness (QED) is 0.543. The first-order chi connectivity index (χ1) is 12.9. The number of hydrogen-bond donors (Lipinski definition) is 1. The molecule has 5 nitrogen and oxygen atoms in total. The summed E-state index contributed by atoms with van der Waals surface area (Å²) in [7, 11) is -5.65. The molecule has 3 fully saturated rings. The maximum absolute atomic E-state index is 12.8. The van der Waals surface area contributed by atoms with Crippen molar-refractivity contribution in [2.45, 2.75) is 70.3 Å². The second-order valence-electron chi connectivity index (χ2n) is 9.32. The molecule has 1 heterocycles. The molecule has 0 spiro atoms. The molecule has 1 N–H and O–H groups in total. The smallest absolute Gasteiger partial charge is 0.380 e. The van der Waals surface area contributed by atoms with Gasteiger partial charge in [0.1, 0.15) is 5.76 Å². The Morgan fingerprint density at radius 1 is 1.14 bits per heavy atom. The molecule has 0 unspecified atom stereocenters. The van der Waals surface area contributed by atoms with Crippen LogP contribution in [-0.2, 0) is 19.1 Å². The van der Waals surface area contributed by atoms with Crippen LogP contribution in [0.4, 0.5) is 13.2 Å². The lowest BCUT2D eigenvalue weighted by molar-refractivity contribution is -0.135. The van der Waals surface area contributed by atoms with E-state index in [4.69, 9.17) is 0 Å². The van der Waals surface area contributed by atoms with Crippen molar-refractivity contribution >= 4 is 16.0 Å². The van der Waals surface area contributed by atoms with Crippen molar-refractivity contribution in [3.63, 3.8) is 0 Å². The number of rotatable bonds is 2. The van der Waals surface area contributed by atoms with Crippen LogP contribution in [0.15, 0.2) is 11.8 Å². The molecule has 9 heteroatoms. The highest BCUT2D eigenvalue weighted by Gasteiger charge is 2.60. The third-order valence-corrected chi connectivity index (χ3v) is 9.05. The van der Waals surface area contributed by atoms with E-state index in [0.717, 1.165) is 25.7 Å². The van der Waals surface area contributed by atoms with Crippen molar-refractivity contribution in [3.8, 4) is 0 Å². The lowest BCUT2D eigenvalue weighted by atomic mass is 9.47. The highest BCUT2D eigenvalue weighted by molar-refractivity contribution is 7.87. The summed E-state index contributed by atoms with van der Waals surface area (Å²) in [5, 5.41) is 3.14. The number of alkyl halides is 3. The second-order valence-corrected chi connectivity index (χ2v) is 10.9. The largest absolute Gasteiger partial charge is 0.534 e. The molecule has 3 aliphatic carbocycles. The highest BCUT2D eigenvalue weighted by Crippen LogP contribution is 2.64. The highest BCUT2D eigenvalue weighted by atomic mass is 32.2. The molecule has 1 saturated heterocycles. The van der Waals surface area contributed by atoms with Gasteiger partial charge in [0.05, 0.1) is 0 Å². The van der Waals surface area contributed by atoms with Gasteiger partial charge in [0.25, 0.3) is 0 Å². The van der Waals surface area contributed by atoms with Crippen LogP contribution in [0.2, 0.25) is 0 Å². The van der Waals surface area contributed by atoms with Gasteiger partial charge < -0.3 is 9.50 Å². The monoisotopic (exact) mass is 421 g/mol. The van der Waals surface area contributed by atoms with E-state index in [1.54, 1.807) is 6.08 Å². The topological polar surface area (TPSA) is 72.5 Å². The Morgan fingerprint density at radius 2 is 1.86 bits per heavy atom. The van der Waals surface area contributed by atoms with Crippen LogP contribution in [0.5, 0.6) is 0 Å². The Kier molecular flexibility index (Phi) is 4.38. The fourth-order valence-electron chi connectivity index (χ4n) is 6.52. The molecule has 2 saturated carbocycles. The number of piperidine rings is 1. The molecule has 6 atom stereocenters. The Hall–Kier alpha value is -1.25. The molecule has 28 heavy (non-hydrogen) atoms. The van der Waals surface area contributed by atoms with Gasteiger partial charge in [-0.15, -0.1) is 0 Å². The van der Waals surface area contributed by atoms with E-state index < -0.39 is 21.0 Å². The average Bonchev–Trinajstić information content (AvgIpc) is 2.91. The minimum Gasteiger partial charge on any atom is -0.380 e. The van der Waals surface area contributed by atoms with Gasteiger partial charge in [0, 0.05) is 17.9 Å². The van der Waals surface area contributed by atoms with Gasteiger partial charge in [0.2, 0.25) is 5.91 Å². The average molecular weight is 421 g/mol. The molecule has 0 aromatic heterocycles. The molecule has 4 rings (SSSR count). The van der Waals surface area contributed by atoms with Crippen LogP contribution >= 0.6 is 0 Å². The van der Waals surface area contributed by atoms with E-state index in [1.165, 1.54) is 0 Å². The number of nitrogens with one attached hydrogen (secondary N) is 1. The Labute approximate surface area is 163 Å². The van der Waals surface area contributed by atoms with Gasteiger partial charge in [0.15, 0.2) is 0 Å². The van der Waals surface area contributed by atoms with Crippen LogP contribution in [-0.4, -0.2) is 25.9 Å². The maximum atomic E-state index is 12.8. The van der Waals surface area contributed by atoms with E-state index in [1.807, 2.05) is 6.92 Å². The number of halogens is 3. The Balaban J connectivity index is 1.57.